The van der Waals surface area contributed by atoms with Crippen molar-refractivity contribution in [1.82, 2.24) is 4.72 Å². The Balaban J connectivity index is 3.97. The van der Waals surface area contributed by atoms with Gasteiger partial charge in [0.15, 0.2) is 0 Å². The molecule has 0 aliphatic carbocycles. The fourth-order valence-corrected chi connectivity index (χ4v) is 2.56. The van der Waals surface area contributed by atoms with E-state index in [0.29, 0.717) is 12.8 Å². The van der Waals surface area contributed by atoms with Gasteiger partial charge in [-0.2, -0.15) is 0 Å². The Hall–Kier alpha value is -0.130. The smallest absolute Gasteiger partial charge is 0.211 e. The number of aliphatic hydroxyl groups excluding tert-OH is 1. The zero-order valence-corrected chi connectivity index (χ0v) is 9.26. The van der Waals surface area contributed by atoms with Gasteiger partial charge in [0.25, 0.3) is 0 Å². The maximum absolute atomic E-state index is 11.2. The Morgan fingerprint density at radius 1 is 1.38 bits per heavy atom. The number of nitrogens with one attached hydrogen (secondary N) is 1. The number of hydrogen-bond donors (Lipinski definition) is 2. The van der Waals surface area contributed by atoms with Gasteiger partial charge in [-0.3, -0.25) is 0 Å². The predicted molar refractivity (Wildman–Crippen MR) is 53.0 cm³/mol. The molecule has 13 heavy (non-hydrogen) atoms. The number of aliphatic hydroxyl groups is 1. The molecule has 0 saturated carbocycles. The molecule has 0 aliphatic rings. The van der Waals surface area contributed by atoms with E-state index in [-0.39, 0.29) is 11.8 Å². The van der Waals surface area contributed by atoms with Crippen molar-refractivity contribution in [3.05, 3.63) is 0 Å². The quantitative estimate of drug-likeness (QED) is 0.668. The zero-order valence-electron chi connectivity index (χ0n) is 8.45. The Morgan fingerprint density at radius 2 is 1.92 bits per heavy atom. The molecule has 0 saturated heterocycles. The molecule has 0 fully saturated rings. The maximum atomic E-state index is 11.2. The van der Waals surface area contributed by atoms with Crippen molar-refractivity contribution in [3.63, 3.8) is 0 Å². The summed E-state index contributed by atoms with van der Waals surface area (Å²) >= 11 is 0. The van der Waals surface area contributed by atoms with Gasteiger partial charge in [-0.15, -0.1) is 0 Å². The molecule has 2 atom stereocenters. The average Bonchev–Trinajstić information content (AvgIpc) is 1.81. The van der Waals surface area contributed by atoms with Gasteiger partial charge < -0.3 is 5.11 Å². The van der Waals surface area contributed by atoms with E-state index in [1.54, 1.807) is 13.8 Å². The van der Waals surface area contributed by atoms with Crippen molar-refractivity contribution in [2.45, 2.75) is 45.8 Å². The van der Waals surface area contributed by atoms with Crippen LogP contribution in [0.3, 0.4) is 0 Å². The summed E-state index contributed by atoms with van der Waals surface area (Å²) in [7, 11) is -3.14. The lowest BCUT2D eigenvalue weighted by molar-refractivity contribution is 0.175. The topological polar surface area (TPSA) is 66.4 Å². The molecule has 80 valence electrons. The average molecular weight is 209 g/mol. The lowest BCUT2D eigenvalue weighted by Crippen LogP contribution is -2.36. The Morgan fingerprint density at radius 3 is 2.31 bits per heavy atom. The van der Waals surface area contributed by atoms with Crippen LogP contribution in [0.4, 0.5) is 0 Å². The van der Waals surface area contributed by atoms with Gasteiger partial charge in [-0.05, 0) is 26.7 Å². The fraction of sp³-hybridized carbons (Fsp3) is 1.00. The Kier molecular flexibility index (Phi) is 5.51. The first-order valence-electron chi connectivity index (χ1n) is 4.55. The fourth-order valence-electron chi connectivity index (χ4n) is 1.19. The zero-order chi connectivity index (χ0) is 10.5. The van der Waals surface area contributed by atoms with Crippen LogP contribution in [0.2, 0.25) is 0 Å². The summed E-state index contributed by atoms with van der Waals surface area (Å²) in [4.78, 5) is 0. The van der Waals surface area contributed by atoms with E-state index in [0.717, 1.165) is 0 Å². The van der Waals surface area contributed by atoms with E-state index >= 15 is 0 Å². The summed E-state index contributed by atoms with van der Waals surface area (Å²) in [6.45, 7) is 5.21. The van der Waals surface area contributed by atoms with Crippen LogP contribution in [0.15, 0.2) is 0 Å². The summed E-state index contributed by atoms with van der Waals surface area (Å²) in [6.07, 6.45) is 0.582. The second-order valence-corrected chi connectivity index (χ2v) is 5.30. The summed E-state index contributed by atoms with van der Waals surface area (Å²) in [5, 5.41) is 9.01. The minimum absolute atomic E-state index is 0.150. The number of sulfonamides is 1. The van der Waals surface area contributed by atoms with Gasteiger partial charge >= 0.3 is 0 Å². The second kappa shape index (κ2) is 5.57. The van der Waals surface area contributed by atoms with Crippen LogP contribution in [0, 0.1) is 0 Å². The first kappa shape index (κ1) is 12.9. The molecule has 0 aromatic heterocycles. The minimum Gasteiger partial charge on any atom is -0.393 e. The Labute approximate surface area is 80.4 Å². The molecule has 0 amide bonds. The molecule has 4 nitrogen and oxygen atoms in total. The van der Waals surface area contributed by atoms with E-state index in [4.69, 9.17) is 5.11 Å². The second-order valence-electron chi connectivity index (χ2n) is 3.42. The molecule has 0 aliphatic heterocycles. The Bertz CT molecular complexity index is 224. The van der Waals surface area contributed by atoms with E-state index in [1.165, 1.54) is 0 Å². The molecule has 0 bridgehead atoms. The maximum Gasteiger partial charge on any atom is 0.211 e. The molecule has 0 aromatic rings. The van der Waals surface area contributed by atoms with Crippen LogP contribution in [0.5, 0.6) is 0 Å². The van der Waals surface area contributed by atoms with Gasteiger partial charge in [0.1, 0.15) is 0 Å². The van der Waals surface area contributed by atoms with E-state index in [9.17, 15) is 8.42 Å². The number of rotatable bonds is 6. The molecule has 0 aromatic carbocycles. The van der Waals surface area contributed by atoms with Gasteiger partial charge in [-0.1, -0.05) is 6.92 Å². The van der Waals surface area contributed by atoms with Crippen LogP contribution in [-0.2, 0) is 10.0 Å². The van der Waals surface area contributed by atoms with E-state index in [2.05, 4.69) is 4.72 Å². The molecule has 0 radical (unpaired) electrons. The van der Waals surface area contributed by atoms with Gasteiger partial charge in [0.05, 0.1) is 11.9 Å². The van der Waals surface area contributed by atoms with Crippen LogP contribution >= 0.6 is 0 Å². The highest BCUT2D eigenvalue weighted by atomic mass is 32.2. The third-order valence-electron chi connectivity index (χ3n) is 1.55. The summed E-state index contributed by atoms with van der Waals surface area (Å²) in [5.74, 6) is 0.150. The van der Waals surface area contributed by atoms with Crippen LogP contribution < -0.4 is 4.72 Å². The van der Waals surface area contributed by atoms with Crippen molar-refractivity contribution >= 4 is 10.0 Å². The minimum atomic E-state index is -3.14. The standard InChI is InChI=1S/C8H19NO3S/c1-4-5-13(11,12)9-7(2)6-8(3)10/h7-10H,4-6H2,1-3H3. The normalized spacial score (nSPS) is 16.9. The van der Waals surface area contributed by atoms with Crippen molar-refractivity contribution in [2.24, 2.45) is 0 Å². The highest BCUT2D eigenvalue weighted by Crippen LogP contribution is 1.99. The van der Waals surface area contributed by atoms with Crippen molar-refractivity contribution in [1.29, 1.82) is 0 Å². The lowest BCUT2D eigenvalue weighted by Gasteiger charge is -2.14. The third-order valence-corrected chi connectivity index (χ3v) is 3.26. The van der Waals surface area contributed by atoms with Gasteiger partial charge in [0, 0.05) is 6.04 Å². The summed E-state index contributed by atoms with van der Waals surface area (Å²) in [5.41, 5.74) is 0. The third kappa shape index (κ3) is 6.98. The van der Waals surface area contributed by atoms with Crippen molar-refractivity contribution in [3.8, 4) is 0 Å². The van der Waals surface area contributed by atoms with Crippen LogP contribution in [0.1, 0.15) is 33.6 Å². The van der Waals surface area contributed by atoms with E-state index < -0.39 is 16.1 Å². The SMILES string of the molecule is CCCS(=O)(=O)NC(C)CC(C)O. The van der Waals surface area contributed by atoms with Gasteiger partial charge in [-0.25, -0.2) is 13.1 Å². The monoisotopic (exact) mass is 209 g/mol. The molecule has 5 heteroatoms. The number of hydrogen-bond acceptors (Lipinski definition) is 3. The molecule has 0 rings (SSSR count). The van der Waals surface area contributed by atoms with Crippen molar-refractivity contribution < 1.29 is 13.5 Å². The van der Waals surface area contributed by atoms with Gasteiger partial charge in [0.2, 0.25) is 10.0 Å². The molecule has 2 unspecified atom stereocenters. The summed E-state index contributed by atoms with van der Waals surface area (Å²) < 4.78 is 25.0. The first-order valence-corrected chi connectivity index (χ1v) is 6.20. The molecule has 0 spiro atoms. The highest BCUT2D eigenvalue weighted by molar-refractivity contribution is 7.89. The predicted octanol–water partition coefficient (Wildman–Crippen LogP) is 0.475. The van der Waals surface area contributed by atoms with Crippen LogP contribution in [0.25, 0.3) is 0 Å². The largest absolute Gasteiger partial charge is 0.393 e. The first-order chi connectivity index (χ1) is 5.87. The highest BCUT2D eigenvalue weighted by Gasteiger charge is 2.14. The van der Waals surface area contributed by atoms with Crippen molar-refractivity contribution in [2.75, 3.05) is 5.75 Å². The molecular formula is C8H19NO3S. The molecular weight excluding hydrogens is 190 g/mol. The lowest BCUT2D eigenvalue weighted by atomic mass is 10.2. The van der Waals surface area contributed by atoms with Crippen LogP contribution in [-0.4, -0.2) is 31.4 Å². The summed E-state index contributed by atoms with van der Waals surface area (Å²) in [6, 6.07) is -0.198. The molecule has 0 heterocycles. The molecule has 2 N–H and O–H groups in total. The van der Waals surface area contributed by atoms with E-state index in [1.807, 2.05) is 6.92 Å².